The summed E-state index contributed by atoms with van der Waals surface area (Å²) in [6.45, 7) is 5.97. The molecule has 0 fully saturated rings. The van der Waals surface area contributed by atoms with Crippen LogP contribution in [0.1, 0.15) is 19.5 Å². The summed E-state index contributed by atoms with van der Waals surface area (Å²) in [5, 5.41) is 0. The second-order valence-corrected chi connectivity index (χ2v) is 4.39. The number of hydrogen-bond donors (Lipinski definition) is 3. The smallest absolute Gasteiger partial charge is 0.215 e. The van der Waals surface area contributed by atoms with Crippen LogP contribution in [-0.2, 0) is 0 Å². The van der Waals surface area contributed by atoms with Gasteiger partial charge in [0, 0.05) is 11.3 Å². The van der Waals surface area contributed by atoms with Crippen LogP contribution in [0.25, 0.3) is 11.3 Å². The summed E-state index contributed by atoms with van der Waals surface area (Å²) < 4.78 is 5.60. The average molecular weight is 246 g/mol. The van der Waals surface area contributed by atoms with Gasteiger partial charge >= 0.3 is 0 Å². The molecular weight excluding hydrogens is 228 g/mol. The molecule has 96 valence electrons. The summed E-state index contributed by atoms with van der Waals surface area (Å²) in [4.78, 5) is 7.42. The van der Waals surface area contributed by atoms with Crippen LogP contribution in [0.4, 0.5) is 5.95 Å². The van der Waals surface area contributed by atoms with E-state index in [1.807, 2.05) is 45.0 Å². The molecule has 5 nitrogen and oxygen atoms in total. The van der Waals surface area contributed by atoms with Gasteiger partial charge in [0.1, 0.15) is 5.75 Å². The fourth-order valence-corrected chi connectivity index (χ4v) is 1.77. The standard InChI is InChI=1S/C13H18N4O/c1-8(2)18-11-6-4-10(5-7-11)12-9(3)15-13(16-12)17-14/h4-8H,14H2,1-3H3,(H2,15,16,17). The first kappa shape index (κ1) is 12.4. The number of H-pyrrole nitrogens is 1. The van der Waals surface area contributed by atoms with Gasteiger partial charge in [-0.3, -0.25) is 5.43 Å². The molecule has 0 radical (unpaired) electrons. The largest absolute Gasteiger partial charge is 0.491 e. The first-order valence-electron chi connectivity index (χ1n) is 5.90. The minimum Gasteiger partial charge on any atom is -0.491 e. The summed E-state index contributed by atoms with van der Waals surface area (Å²) in [7, 11) is 0. The van der Waals surface area contributed by atoms with Gasteiger partial charge in [-0.05, 0) is 45.0 Å². The van der Waals surface area contributed by atoms with Gasteiger partial charge in [-0.25, -0.2) is 10.8 Å². The molecule has 1 aromatic carbocycles. The van der Waals surface area contributed by atoms with Crippen LogP contribution >= 0.6 is 0 Å². The number of nitrogens with one attached hydrogen (secondary N) is 2. The van der Waals surface area contributed by atoms with Crippen molar-refractivity contribution in [1.29, 1.82) is 0 Å². The minimum atomic E-state index is 0.177. The second kappa shape index (κ2) is 5.10. The Morgan fingerprint density at radius 2 is 1.94 bits per heavy atom. The van der Waals surface area contributed by atoms with Crippen molar-refractivity contribution in [3.8, 4) is 17.0 Å². The Bertz CT molecular complexity index is 516. The zero-order chi connectivity index (χ0) is 13.1. The van der Waals surface area contributed by atoms with E-state index in [-0.39, 0.29) is 6.10 Å². The van der Waals surface area contributed by atoms with E-state index in [1.54, 1.807) is 0 Å². The third-order valence-electron chi connectivity index (χ3n) is 2.52. The number of ether oxygens (including phenoxy) is 1. The number of hydrogen-bond acceptors (Lipinski definition) is 4. The van der Waals surface area contributed by atoms with Gasteiger partial charge in [0.25, 0.3) is 0 Å². The fourth-order valence-electron chi connectivity index (χ4n) is 1.77. The normalized spacial score (nSPS) is 10.7. The lowest BCUT2D eigenvalue weighted by atomic mass is 10.1. The molecule has 2 rings (SSSR count). The molecule has 1 aromatic heterocycles. The molecule has 0 bridgehead atoms. The summed E-state index contributed by atoms with van der Waals surface area (Å²) in [5.41, 5.74) is 5.39. The molecule has 5 heteroatoms. The summed E-state index contributed by atoms with van der Waals surface area (Å²) in [6.07, 6.45) is 0.177. The van der Waals surface area contributed by atoms with E-state index >= 15 is 0 Å². The molecule has 0 spiro atoms. The lowest BCUT2D eigenvalue weighted by Crippen LogP contribution is -2.07. The predicted octanol–water partition coefficient (Wildman–Crippen LogP) is 2.46. The van der Waals surface area contributed by atoms with Crippen LogP contribution in [0, 0.1) is 6.92 Å². The SMILES string of the molecule is Cc1[nH]c(NN)nc1-c1ccc(OC(C)C)cc1. The first-order chi connectivity index (χ1) is 8.60. The summed E-state index contributed by atoms with van der Waals surface area (Å²) in [6, 6.07) is 7.86. The van der Waals surface area contributed by atoms with Gasteiger partial charge < -0.3 is 9.72 Å². The molecule has 4 N–H and O–H groups in total. The summed E-state index contributed by atoms with van der Waals surface area (Å²) >= 11 is 0. The van der Waals surface area contributed by atoms with Crippen molar-refractivity contribution in [3.05, 3.63) is 30.0 Å². The topological polar surface area (TPSA) is 76.0 Å². The number of nitrogens with zero attached hydrogens (tertiary/aromatic N) is 1. The fraction of sp³-hybridized carbons (Fsp3) is 0.308. The lowest BCUT2D eigenvalue weighted by Gasteiger charge is -2.09. The predicted molar refractivity (Wildman–Crippen MR) is 72.3 cm³/mol. The Kier molecular flexibility index (Phi) is 3.53. The van der Waals surface area contributed by atoms with Crippen LogP contribution in [0.15, 0.2) is 24.3 Å². The average Bonchev–Trinajstić information content (AvgIpc) is 2.71. The zero-order valence-electron chi connectivity index (χ0n) is 10.8. The number of anilines is 1. The van der Waals surface area contributed by atoms with E-state index < -0.39 is 0 Å². The van der Waals surface area contributed by atoms with Crippen molar-refractivity contribution in [2.24, 2.45) is 5.84 Å². The molecule has 0 saturated heterocycles. The van der Waals surface area contributed by atoms with Crippen LogP contribution in [0.5, 0.6) is 5.75 Å². The molecule has 0 unspecified atom stereocenters. The maximum Gasteiger partial charge on any atom is 0.215 e. The third kappa shape index (κ3) is 2.62. The minimum absolute atomic E-state index is 0.177. The Labute approximate surface area is 106 Å². The zero-order valence-corrected chi connectivity index (χ0v) is 10.8. The van der Waals surface area contributed by atoms with Crippen molar-refractivity contribution in [2.45, 2.75) is 26.9 Å². The van der Waals surface area contributed by atoms with E-state index in [1.165, 1.54) is 0 Å². The van der Waals surface area contributed by atoms with Crippen LogP contribution in [-0.4, -0.2) is 16.1 Å². The molecule has 18 heavy (non-hydrogen) atoms. The van der Waals surface area contributed by atoms with E-state index in [0.717, 1.165) is 22.7 Å². The Morgan fingerprint density at radius 3 is 2.44 bits per heavy atom. The van der Waals surface area contributed by atoms with Gasteiger partial charge in [0.15, 0.2) is 0 Å². The third-order valence-corrected chi connectivity index (χ3v) is 2.52. The van der Waals surface area contributed by atoms with Crippen LogP contribution in [0.3, 0.4) is 0 Å². The van der Waals surface area contributed by atoms with Gasteiger partial charge in [-0.15, -0.1) is 0 Å². The Morgan fingerprint density at radius 1 is 1.28 bits per heavy atom. The van der Waals surface area contributed by atoms with Gasteiger partial charge in [-0.2, -0.15) is 0 Å². The van der Waals surface area contributed by atoms with Crippen molar-refractivity contribution < 1.29 is 4.74 Å². The monoisotopic (exact) mass is 246 g/mol. The number of aromatic nitrogens is 2. The maximum atomic E-state index is 5.60. The molecule has 0 aliphatic rings. The highest BCUT2D eigenvalue weighted by Gasteiger charge is 2.08. The molecule has 0 amide bonds. The number of benzene rings is 1. The first-order valence-corrected chi connectivity index (χ1v) is 5.90. The number of nitrogens with two attached hydrogens (primary N) is 1. The lowest BCUT2D eigenvalue weighted by molar-refractivity contribution is 0.242. The molecule has 0 atom stereocenters. The highest BCUT2D eigenvalue weighted by atomic mass is 16.5. The van der Waals surface area contributed by atoms with Crippen molar-refractivity contribution in [1.82, 2.24) is 9.97 Å². The Hall–Kier alpha value is -2.01. The maximum absolute atomic E-state index is 5.60. The number of rotatable bonds is 4. The van der Waals surface area contributed by atoms with E-state index in [9.17, 15) is 0 Å². The van der Waals surface area contributed by atoms with Gasteiger partial charge in [0.05, 0.1) is 11.8 Å². The highest BCUT2D eigenvalue weighted by molar-refractivity contribution is 5.64. The summed E-state index contributed by atoms with van der Waals surface area (Å²) in [5.74, 6) is 6.75. The number of hydrazine groups is 1. The quantitative estimate of drug-likeness (QED) is 0.572. The van der Waals surface area contributed by atoms with Gasteiger partial charge in [-0.1, -0.05) is 0 Å². The second-order valence-electron chi connectivity index (χ2n) is 4.39. The van der Waals surface area contributed by atoms with E-state index in [2.05, 4.69) is 15.4 Å². The van der Waals surface area contributed by atoms with Crippen molar-refractivity contribution >= 4 is 5.95 Å². The number of imidazole rings is 1. The van der Waals surface area contributed by atoms with Crippen LogP contribution < -0.4 is 16.0 Å². The van der Waals surface area contributed by atoms with Gasteiger partial charge in [0.2, 0.25) is 5.95 Å². The van der Waals surface area contributed by atoms with E-state index in [4.69, 9.17) is 10.6 Å². The van der Waals surface area contributed by atoms with Crippen molar-refractivity contribution in [3.63, 3.8) is 0 Å². The molecule has 2 aromatic rings. The number of aryl methyl sites for hydroxylation is 1. The number of aromatic amines is 1. The highest BCUT2D eigenvalue weighted by Crippen LogP contribution is 2.25. The number of nitrogen functional groups attached to an aromatic ring is 1. The Balaban J connectivity index is 2.25. The molecule has 0 aliphatic carbocycles. The molecule has 0 aliphatic heterocycles. The van der Waals surface area contributed by atoms with Crippen LogP contribution in [0.2, 0.25) is 0 Å². The molecular formula is C13H18N4O. The van der Waals surface area contributed by atoms with E-state index in [0.29, 0.717) is 5.95 Å². The molecule has 1 heterocycles. The molecule has 0 saturated carbocycles. The van der Waals surface area contributed by atoms with Crippen molar-refractivity contribution in [2.75, 3.05) is 5.43 Å².